The Balaban J connectivity index is 2.58. The van der Waals surface area contributed by atoms with Crippen LogP contribution in [0.15, 0.2) is 18.2 Å². The number of aryl methyl sites for hydroxylation is 2. The average molecular weight is 370 g/mol. The molecule has 0 saturated heterocycles. The third-order valence-electron chi connectivity index (χ3n) is 4.90. The van der Waals surface area contributed by atoms with E-state index in [2.05, 4.69) is 25.8 Å². The quantitative estimate of drug-likeness (QED) is 0.765. The standard InChI is InChI=1S/C22H31N3O2/c1-8-16(12-26)17(9-2)20-14(5)24-21(15(6)23-20)18-10-11-19(13(3)4)25-22(18)27-7/h9-11,13,16,26H,8,12H2,1-7H3/b17-9-/t16-/m1/s1. The SMILES string of the molecule is C/C=C(\c1nc(C)c(-c2ccc(C(C)C)nc2OC)nc1C)[C@H](CC)CO. The Morgan fingerprint density at radius 2 is 1.85 bits per heavy atom. The fraction of sp³-hybridized carbons (Fsp3) is 0.500. The second kappa shape index (κ2) is 9.09. The number of rotatable bonds is 7. The van der Waals surface area contributed by atoms with Gasteiger partial charge in [-0.3, -0.25) is 0 Å². The lowest BCUT2D eigenvalue weighted by Crippen LogP contribution is -2.12. The second-order valence-corrected chi connectivity index (χ2v) is 7.07. The van der Waals surface area contributed by atoms with Gasteiger partial charge in [-0.25, -0.2) is 15.0 Å². The molecule has 0 bridgehead atoms. The zero-order valence-electron chi connectivity index (χ0n) is 17.5. The van der Waals surface area contributed by atoms with E-state index in [1.165, 1.54) is 0 Å². The summed E-state index contributed by atoms with van der Waals surface area (Å²) in [4.78, 5) is 14.3. The highest BCUT2D eigenvalue weighted by atomic mass is 16.5. The molecular weight excluding hydrogens is 338 g/mol. The maximum Gasteiger partial charge on any atom is 0.222 e. The van der Waals surface area contributed by atoms with Crippen molar-refractivity contribution in [2.24, 2.45) is 5.92 Å². The molecule has 1 atom stereocenters. The molecule has 0 aliphatic heterocycles. The number of aliphatic hydroxyl groups excluding tert-OH is 1. The third-order valence-corrected chi connectivity index (χ3v) is 4.90. The molecular formula is C22H31N3O2. The molecule has 1 N–H and O–H groups in total. The van der Waals surface area contributed by atoms with E-state index in [0.717, 1.165) is 46.0 Å². The number of aliphatic hydroxyl groups is 1. The van der Waals surface area contributed by atoms with Gasteiger partial charge in [0, 0.05) is 18.2 Å². The zero-order valence-corrected chi connectivity index (χ0v) is 17.5. The van der Waals surface area contributed by atoms with Gasteiger partial charge < -0.3 is 9.84 Å². The van der Waals surface area contributed by atoms with Gasteiger partial charge in [0.15, 0.2) is 0 Å². The molecule has 0 radical (unpaired) electrons. The Labute approximate surface area is 162 Å². The summed E-state index contributed by atoms with van der Waals surface area (Å²) in [5, 5.41) is 9.71. The summed E-state index contributed by atoms with van der Waals surface area (Å²) in [6.07, 6.45) is 2.88. The molecule has 0 aliphatic carbocycles. The first-order valence-corrected chi connectivity index (χ1v) is 9.55. The Kier molecular flexibility index (Phi) is 7.08. The summed E-state index contributed by atoms with van der Waals surface area (Å²) < 4.78 is 5.53. The van der Waals surface area contributed by atoms with E-state index in [-0.39, 0.29) is 12.5 Å². The average Bonchev–Trinajstić information content (AvgIpc) is 2.67. The number of hydrogen-bond acceptors (Lipinski definition) is 5. The van der Waals surface area contributed by atoms with E-state index in [9.17, 15) is 5.11 Å². The number of allylic oxidation sites excluding steroid dienone is 1. The molecule has 0 aliphatic rings. The Bertz CT molecular complexity index is 825. The number of aromatic nitrogens is 3. The minimum absolute atomic E-state index is 0.0646. The molecule has 2 aromatic heterocycles. The summed E-state index contributed by atoms with van der Waals surface area (Å²) in [5.74, 6) is 0.958. The van der Waals surface area contributed by atoms with Gasteiger partial charge in [0.2, 0.25) is 5.88 Å². The molecule has 0 fully saturated rings. The Morgan fingerprint density at radius 1 is 1.15 bits per heavy atom. The molecule has 0 spiro atoms. The highest BCUT2D eigenvalue weighted by Crippen LogP contribution is 2.33. The molecule has 27 heavy (non-hydrogen) atoms. The summed E-state index contributed by atoms with van der Waals surface area (Å²) in [5.41, 5.74) is 6.16. The van der Waals surface area contributed by atoms with Crippen LogP contribution < -0.4 is 4.74 Å². The predicted octanol–water partition coefficient (Wildman–Crippen LogP) is 4.71. The summed E-state index contributed by atoms with van der Waals surface area (Å²) >= 11 is 0. The van der Waals surface area contributed by atoms with Gasteiger partial charge in [-0.05, 0) is 50.8 Å². The maximum atomic E-state index is 9.71. The molecule has 0 amide bonds. The van der Waals surface area contributed by atoms with E-state index >= 15 is 0 Å². The molecule has 2 heterocycles. The highest BCUT2D eigenvalue weighted by molar-refractivity contribution is 5.71. The van der Waals surface area contributed by atoms with Crippen molar-refractivity contribution in [3.63, 3.8) is 0 Å². The number of pyridine rings is 1. The first-order chi connectivity index (χ1) is 12.9. The van der Waals surface area contributed by atoms with Gasteiger partial charge in [-0.1, -0.05) is 26.8 Å². The van der Waals surface area contributed by atoms with Gasteiger partial charge in [0.25, 0.3) is 0 Å². The monoisotopic (exact) mass is 369 g/mol. The largest absolute Gasteiger partial charge is 0.480 e. The van der Waals surface area contributed by atoms with E-state index in [4.69, 9.17) is 14.7 Å². The van der Waals surface area contributed by atoms with Crippen molar-refractivity contribution in [2.75, 3.05) is 13.7 Å². The maximum absolute atomic E-state index is 9.71. The van der Waals surface area contributed by atoms with Crippen LogP contribution in [0.25, 0.3) is 16.8 Å². The summed E-state index contributed by atoms with van der Waals surface area (Å²) in [7, 11) is 1.63. The van der Waals surface area contributed by atoms with Gasteiger partial charge >= 0.3 is 0 Å². The minimum atomic E-state index is 0.0646. The van der Waals surface area contributed by atoms with Gasteiger partial charge in [0.05, 0.1) is 35.4 Å². The van der Waals surface area contributed by atoms with Crippen molar-refractivity contribution in [2.45, 2.75) is 53.9 Å². The normalized spacial score (nSPS) is 13.1. The van der Waals surface area contributed by atoms with Crippen molar-refractivity contribution in [3.05, 3.63) is 41.0 Å². The smallest absolute Gasteiger partial charge is 0.222 e. The number of methoxy groups -OCH3 is 1. The molecule has 2 rings (SSSR count). The van der Waals surface area contributed by atoms with Crippen LogP contribution in [0, 0.1) is 19.8 Å². The lowest BCUT2D eigenvalue weighted by atomic mass is 9.92. The minimum Gasteiger partial charge on any atom is -0.480 e. The lowest BCUT2D eigenvalue weighted by Gasteiger charge is -2.19. The first kappa shape index (κ1) is 21.0. The van der Waals surface area contributed by atoms with E-state index in [1.807, 2.05) is 39.0 Å². The van der Waals surface area contributed by atoms with Crippen LogP contribution >= 0.6 is 0 Å². The van der Waals surface area contributed by atoms with Crippen LogP contribution in [0.1, 0.15) is 62.8 Å². The lowest BCUT2D eigenvalue weighted by molar-refractivity contribution is 0.254. The highest BCUT2D eigenvalue weighted by Gasteiger charge is 2.20. The van der Waals surface area contributed by atoms with E-state index < -0.39 is 0 Å². The van der Waals surface area contributed by atoms with Crippen molar-refractivity contribution in [1.82, 2.24) is 15.0 Å². The third kappa shape index (κ3) is 4.35. The van der Waals surface area contributed by atoms with Crippen molar-refractivity contribution in [3.8, 4) is 17.1 Å². The van der Waals surface area contributed by atoms with Crippen LogP contribution in [0.2, 0.25) is 0 Å². The topological polar surface area (TPSA) is 68.1 Å². The molecule has 5 heteroatoms. The molecule has 2 aromatic rings. The predicted molar refractivity (Wildman–Crippen MR) is 110 cm³/mol. The second-order valence-electron chi connectivity index (χ2n) is 7.07. The Morgan fingerprint density at radius 3 is 2.37 bits per heavy atom. The van der Waals surface area contributed by atoms with Gasteiger partial charge in [-0.2, -0.15) is 0 Å². The Hall–Kier alpha value is -2.27. The fourth-order valence-electron chi connectivity index (χ4n) is 3.26. The number of ether oxygens (including phenoxy) is 1. The van der Waals surface area contributed by atoms with E-state index in [0.29, 0.717) is 11.8 Å². The van der Waals surface area contributed by atoms with Crippen LogP contribution in [-0.2, 0) is 0 Å². The van der Waals surface area contributed by atoms with E-state index in [1.54, 1.807) is 7.11 Å². The molecule has 0 unspecified atom stereocenters. The first-order valence-electron chi connectivity index (χ1n) is 9.55. The van der Waals surface area contributed by atoms with Crippen LogP contribution in [-0.4, -0.2) is 33.8 Å². The fourth-order valence-corrected chi connectivity index (χ4v) is 3.26. The van der Waals surface area contributed by atoms with Crippen molar-refractivity contribution < 1.29 is 9.84 Å². The summed E-state index contributed by atoms with van der Waals surface area (Å²) in [6, 6.07) is 4.03. The van der Waals surface area contributed by atoms with Crippen molar-refractivity contribution >= 4 is 5.57 Å². The van der Waals surface area contributed by atoms with Crippen LogP contribution in [0.5, 0.6) is 5.88 Å². The zero-order chi connectivity index (χ0) is 20.1. The van der Waals surface area contributed by atoms with Gasteiger partial charge in [0.1, 0.15) is 0 Å². The molecule has 0 aromatic carbocycles. The number of nitrogens with zero attached hydrogens (tertiary/aromatic N) is 3. The summed E-state index contributed by atoms with van der Waals surface area (Å²) in [6.45, 7) is 12.3. The molecule has 0 saturated carbocycles. The van der Waals surface area contributed by atoms with Crippen LogP contribution in [0.3, 0.4) is 0 Å². The molecule has 5 nitrogen and oxygen atoms in total. The van der Waals surface area contributed by atoms with Gasteiger partial charge in [-0.15, -0.1) is 0 Å². The number of hydrogen-bond donors (Lipinski definition) is 1. The van der Waals surface area contributed by atoms with Crippen LogP contribution in [0.4, 0.5) is 0 Å². The molecule has 146 valence electrons. The van der Waals surface area contributed by atoms with Crippen molar-refractivity contribution in [1.29, 1.82) is 0 Å².